The fourth-order valence-electron chi connectivity index (χ4n) is 3.27. The first-order chi connectivity index (χ1) is 15.8. The number of fused-ring (bicyclic) bond motifs is 1. The minimum Gasteiger partial charge on any atom is -0.497 e. The molecule has 0 saturated heterocycles. The summed E-state index contributed by atoms with van der Waals surface area (Å²) in [5.74, 6) is 0.427. The highest BCUT2D eigenvalue weighted by Crippen LogP contribution is 2.33. The fraction of sp³-hybridized carbons (Fsp3) is 0.167. The van der Waals surface area contributed by atoms with E-state index in [4.69, 9.17) is 4.74 Å². The summed E-state index contributed by atoms with van der Waals surface area (Å²) < 4.78 is 32.1. The van der Waals surface area contributed by atoms with Crippen molar-refractivity contribution in [1.82, 2.24) is 9.29 Å². The first-order valence-electron chi connectivity index (χ1n) is 10.1. The molecule has 33 heavy (non-hydrogen) atoms. The quantitative estimate of drug-likeness (QED) is 0.391. The Kier molecular flexibility index (Phi) is 6.46. The Morgan fingerprint density at radius 1 is 1.00 bits per heavy atom. The molecule has 170 valence electrons. The minimum atomic E-state index is -3.58. The molecule has 0 N–H and O–H groups in total. The smallest absolute Gasteiger partial charge is 0.260 e. The monoisotopic (exact) mass is 481 g/mol. The molecule has 0 fully saturated rings. The molecule has 7 nitrogen and oxygen atoms in total. The first-order valence-corrected chi connectivity index (χ1v) is 12.4. The molecule has 0 atom stereocenters. The van der Waals surface area contributed by atoms with Crippen molar-refractivity contribution in [3.8, 4) is 5.75 Å². The minimum absolute atomic E-state index is 0.130. The van der Waals surface area contributed by atoms with Crippen LogP contribution in [0.4, 0.5) is 5.13 Å². The topological polar surface area (TPSA) is 79.8 Å². The average molecular weight is 482 g/mol. The van der Waals surface area contributed by atoms with Gasteiger partial charge < -0.3 is 4.74 Å². The number of carbonyl (C=O) groups is 1. The lowest BCUT2D eigenvalue weighted by Crippen LogP contribution is -2.30. The predicted molar refractivity (Wildman–Crippen MR) is 130 cm³/mol. The Hall–Kier alpha value is -3.27. The highest BCUT2D eigenvalue weighted by molar-refractivity contribution is 7.89. The van der Waals surface area contributed by atoms with Crippen LogP contribution in [0.1, 0.15) is 15.9 Å². The van der Waals surface area contributed by atoms with Crippen molar-refractivity contribution in [2.75, 3.05) is 26.1 Å². The largest absolute Gasteiger partial charge is 0.497 e. The van der Waals surface area contributed by atoms with E-state index >= 15 is 0 Å². The molecule has 1 heterocycles. The number of anilines is 1. The number of rotatable bonds is 7. The molecule has 9 heteroatoms. The van der Waals surface area contributed by atoms with Crippen LogP contribution in [0, 0.1) is 0 Å². The number of hydrogen-bond donors (Lipinski definition) is 0. The van der Waals surface area contributed by atoms with Crippen molar-refractivity contribution >= 4 is 42.6 Å². The lowest BCUT2D eigenvalue weighted by molar-refractivity contribution is 0.0985. The van der Waals surface area contributed by atoms with Crippen molar-refractivity contribution in [3.63, 3.8) is 0 Å². The maximum Gasteiger partial charge on any atom is 0.260 e. The van der Waals surface area contributed by atoms with Gasteiger partial charge in [0.25, 0.3) is 5.91 Å². The van der Waals surface area contributed by atoms with Gasteiger partial charge in [0.1, 0.15) is 5.75 Å². The maximum atomic E-state index is 13.6. The van der Waals surface area contributed by atoms with Gasteiger partial charge in [0, 0.05) is 25.7 Å². The van der Waals surface area contributed by atoms with Crippen LogP contribution in [0.2, 0.25) is 0 Å². The van der Waals surface area contributed by atoms with Crippen LogP contribution in [0.3, 0.4) is 0 Å². The molecular weight excluding hydrogens is 458 g/mol. The van der Waals surface area contributed by atoms with Crippen molar-refractivity contribution in [3.05, 3.63) is 83.9 Å². The van der Waals surface area contributed by atoms with Crippen molar-refractivity contribution in [2.45, 2.75) is 11.4 Å². The van der Waals surface area contributed by atoms with E-state index in [9.17, 15) is 13.2 Å². The van der Waals surface area contributed by atoms with E-state index < -0.39 is 10.0 Å². The number of sulfonamides is 1. The summed E-state index contributed by atoms with van der Waals surface area (Å²) in [5.41, 5.74) is 2.07. The van der Waals surface area contributed by atoms with E-state index in [0.29, 0.717) is 23.0 Å². The Morgan fingerprint density at radius 2 is 1.70 bits per heavy atom. The average Bonchev–Trinajstić information content (AvgIpc) is 3.25. The molecule has 0 radical (unpaired) electrons. The first kappa shape index (κ1) is 22.9. The number of amides is 1. The maximum absolute atomic E-state index is 13.6. The number of hydrogen-bond acceptors (Lipinski definition) is 6. The molecule has 1 aromatic heterocycles. The standard InChI is InChI=1S/C24H23N3O4S2/c1-26(2)33(29,30)20-12-9-18(10-13-20)23(28)27(16-17-7-5-4-6-8-17)24-25-21-15-19(31-3)11-14-22(21)32-24/h4-15H,16H2,1-3H3. The Labute approximate surface area is 196 Å². The highest BCUT2D eigenvalue weighted by Gasteiger charge is 2.23. The lowest BCUT2D eigenvalue weighted by atomic mass is 10.1. The van der Waals surface area contributed by atoms with Gasteiger partial charge in [-0.15, -0.1) is 0 Å². The van der Waals surface area contributed by atoms with Gasteiger partial charge in [0.15, 0.2) is 5.13 Å². The Balaban J connectivity index is 1.72. The van der Waals surface area contributed by atoms with E-state index in [-0.39, 0.29) is 10.8 Å². The lowest BCUT2D eigenvalue weighted by Gasteiger charge is -2.20. The van der Waals surface area contributed by atoms with Crippen LogP contribution in [0.25, 0.3) is 10.2 Å². The van der Waals surface area contributed by atoms with Gasteiger partial charge in [-0.2, -0.15) is 0 Å². The highest BCUT2D eigenvalue weighted by atomic mass is 32.2. The zero-order valence-electron chi connectivity index (χ0n) is 18.4. The third-order valence-electron chi connectivity index (χ3n) is 5.12. The van der Waals surface area contributed by atoms with Gasteiger partial charge in [0.05, 0.1) is 28.8 Å². The van der Waals surface area contributed by atoms with Gasteiger partial charge in [-0.25, -0.2) is 17.7 Å². The molecule has 1 amide bonds. The van der Waals surface area contributed by atoms with Gasteiger partial charge in [-0.1, -0.05) is 41.7 Å². The second-order valence-electron chi connectivity index (χ2n) is 7.52. The van der Waals surface area contributed by atoms with Crippen LogP contribution in [0.5, 0.6) is 5.75 Å². The van der Waals surface area contributed by atoms with E-state index in [2.05, 4.69) is 4.98 Å². The second-order valence-corrected chi connectivity index (χ2v) is 10.7. The summed E-state index contributed by atoms with van der Waals surface area (Å²) in [6.07, 6.45) is 0. The van der Waals surface area contributed by atoms with Gasteiger partial charge in [-0.3, -0.25) is 9.69 Å². The summed E-state index contributed by atoms with van der Waals surface area (Å²) in [6, 6.07) is 21.2. The SMILES string of the molecule is COc1ccc2sc(N(Cc3ccccc3)C(=O)c3ccc(S(=O)(=O)N(C)C)cc3)nc2c1. The van der Waals surface area contributed by atoms with Crippen molar-refractivity contribution in [2.24, 2.45) is 0 Å². The Bertz CT molecular complexity index is 1380. The van der Waals surface area contributed by atoms with Crippen LogP contribution >= 0.6 is 11.3 Å². The normalized spacial score (nSPS) is 11.6. The van der Waals surface area contributed by atoms with Gasteiger partial charge in [0.2, 0.25) is 10.0 Å². The second kappa shape index (κ2) is 9.30. The van der Waals surface area contributed by atoms with Crippen molar-refractivity contribution in [1.29, 1.82) is 0 Å². The number of aromatic nitrogens is 1. The summed E-state index contributed by atoms with van der Waals surface area (Å²) in [4.78, 5) is 20.0. The fourth-order valence-corrected chi connectivity index (χ4v) is 5.11. The zero-order valence-corrected chi connectivity index (χ0v) is 20.1. The number of carbonyl (C=O) groups excluding carboxylic acids is 1. The number of nitrogens with zero attached hydrogens (tertiary/aromatic N) is 3. The van der Waals surface area contributed by atoms with E-state index in [1.54, 1.807) is 12.0 Å². The van der Waals surface area contributed by atoms with Crippen LogP contribution in [-0.2, 0) is 16.6 Å². The van der Waals surface area contributed by atoms with Crippen LogP contribution in [0.15, 0.2) is 77.7 Å². The molecule has 0 saturated carbocycles. The third kappa shape index (κ3) is 4.75. The molecule has 4 aromatic rings. The molecule has 0 aliphatic rings. The van der Waals surface area contributed by atoms with Gasteiger partial charge >= 0.3 is 0 Å². The number of thiazole rings is 1. The summed E-state index contributed by atoms with van der Waals surface area (Å²) >= 11 is 1.41. The van der Waals surface area contributed by atoms with Gasteiger partial charge in [-0.05, 0) is 42.0 Å². The molecule has 0 aliphatic carbocycles. The van der Waals surface area contributed by atoms with E-state index in [1.165, 1.54) is 49.7 Å². The summed E-state index contributed by atoms with van der Waals surface area (Å²) in [5, 5.41) is 0.553. The molecule has 3 aromatic carbocycles. The predicted octanol–water partition coefficient (Wildman–Crippen LogP) is 4.40. The molecule has 0 bridgehead atoms. The zero-order chi connectivity index (χ0) is 23.6. The number of ether oxygens (including phenoxy) is 1. The number of methoxy groups -OCH3 is 1. The van der Waals surface area contributed by atoms with Crippen LogP contribution in [-0.4, -0.2) is 44.8 Å². The molecule has 0 unspecified atom stereocenters. The summed E-state index contributed by atoms with van der Waals surface area (Å²) in [7, 11) is 0.960. The van der Waals surface area contributed by atoms with Crippen molar-refractivity contribution < 1.29 is 17.9 Å². The molecule has 0 aliphatic heterocycles. The molecule has 4 rings (SSSR count). The van der Waals surface area contributed by atoms with Crippen LogP contribution < -0.4 is 9.64 Å². The molecule has 0 spiro atoms. The van der Waals surface area contributed by atoms with E-state index in [1.807, 2.05) is 48.5 Å². The summed E-state index contributed by atoms with van der Waals surface area (Å²) in [6.45, 7) is 0.328. The Morgan fingerprint density at radius 3 is 2.33 bits per heavy atom. The number of benzene rings is 3. The third-order valence-corrected chi connectivity index (χ3v) is 8.01. The molecular formula is C24H23N3O4S2. The van der Waals surface area contributed by atoms with E-state index in [0.717, 1.165) is 20.1 Å².